The molecule has 2 N–H and O–H groups in total. The molecule has 45 heavy (non-hydrogen) atoms. The number of carbonyl (C=O) groups excluding carboxylic acids is 2. The van der Waals surface area contributed by atoms with Crippen molar-refractivity contribution >= 4 is 35.2 Å². The van der Waals surface area contributed by atoms with Crippen LogP contribution in [-0.2, 0) is 11.3 Å². The molecule has 0 radical (unpaired) electrons. The smallest absolute Gasteiger partial charge is 0.412 e. The molecular weight excluding hydrogens is 572 g/mol. The second-order valence-corrected chi connectivity index (χ2v) is 12.4. The molecule has 1 fully saturated rings. The second-order valence-electron chi connectivity index (χ2n) is 12.4. The number of aromatic carboxylic acids is 1. The Morgan fingerprint density at radius 3 is 2.29 bits per heavy atom. The Morgan fingerprint density at radius 1 is 0.978 bits per heavy atom. The van der Waals surface area contributed by atoms with E-state index in [1.165, 1.54) is 12.3 Å². The predicted octanol–water partition coefficient (Wildman–Crippen LogP) is 5.83. The van der Waals surface area contributed by atoms with E-state index in [1.807, 2.05) is 37.3 Å². The minimum Gasteiger partial charge on any atom is -0.477 e. The average molecular weight is 617 g/mol. The molecular formula is C34H44N6O5. The van der Waals surface area contributed by atoms with Gasteiger partial charge in [0.1, 0.15) is 11.3 Å². The molecule has 0 spiro atoms. The number of carboxylic acids is 1. The summed E-state index contributed by atoms with van der Waals surface area (Å²) in [5, 5.41) is 12.1. The number of aromatic nitrogens is 1. The van der Waals surface area contributed by atoms with Gasteiger partial charge in [0.05, 0.1) is 17.1 Å². The van der Waals surface area contributed by atoms with Crippen molar-refractivity contribution < 1.29 is 24.2 Å². The minimum absolute atomic E-state index is 0.0601. The van der Waals surface area contributed by atoms with Gasteiger partial charge in [-0.2, -0.15) is 0 Å². The summed E-state index contributed by atoms with van der Waals surface area (Å²) in [6.07, 6.45) is 1.62. The summed E-state index contributed by atoms with van der Waals surface area (Å²) in [5.74, 6) is -1.11. The quantitative estimate of drug-likeness (QED) is 0.292. The number of nitrogens with zero attached hydrogens (tertiary/aromatic N) is 5. The van der Waals surface area contributed by atoms with Gasteiger partial charge in [-0.15, -0.1) is 0 Å². The van der Waals surface area contributed by atoms with Crippen molar-refractivity contribution in [2.24, 2.45) is 0 Å². The molecule has 2 heterocycles. The molecule has 0 aliphatic carbocycles. The second kappa shape index (κ2) is 15.0. The van der Waals surface area contributed by atoms with Gasteiger partial charge in [0.25, 0.3) is 0 Å². The van der Waals surface area contributed by atoms with Crippen LogP contribution in [0.3, 0.4) is 0 Å². The monoisotopic (exact) mass is 616 g/mol. The first-order chi connectivity index (χ1) is 21.4. The van der Waals surface area contributed by atoms with E-state index in [2.05, 4.69) is 27.1 Å². The zero-order chi connectivity index (χ0) is 32.6. The number of para-hydroxylation sites is 2. The number of hydrogen-bond donors (Lipinski definition) is 2. The van der Waals surface area contributed by atoms with Crippen molar-refractivity contribution in [3.63, 3.8) is 0 Å². The maximum absolute atomic E-state index is 14.7. The lowest BCUT2D eigenvalue weighted by atomic mass is 10.1. The number of amides is 3. The number of ether oxygens (including phenoxy) is 1. The molecule has 0 bridgehead atoms. The lowest BCUT2D eigenvalue weighted by Crippen LogP contribution is -2.46. The molecule has 3 aromatic rings. The number of piperazine rings is 1. The van der Waals surface area contributed by atoms with E-state index in [9.17, 15) is 19.5 Å². The molecule has 11 nitrogen and oxygen atoms in total. The van der Waals surface area contributed by atoms with Gasteiger partial charge < -0.3 is 24.5 Å². The Labute approximate surface area is 265 Å². The van der Waals surface area contributed by atoms with Crippen LogP contribution in [0.15, 0.2) is 66.9 Å². The molecule has 1 saturated heterocycles. The first-order valence-electron chi connectivity index (χ1n) is 15.2. The van der Waals surface area contributed by atoms with E-state index in [1.54, 1.807) is 54.8 Å². The molecule has 0 atom stereocenters. The largest absolute Gasteiger partial charge is 0.477 e. The third-order valence-electron chi connectivity index (χ3n) is 7.45. The van der Waals surface area contributed by atoms with Gasteiger partial charge in [-0.1, -0.05) is 35.9 Å². The Hall–Kier alpha value is -4.48. The maximum atomic E-state index is 14.7. The van der Waals surface area contributed by atoms with E-state index in [4.69, 9.17) is 4.74 Å². The highest BCUT2D eigenvalue weighted by Crippen LogP contribution is 2.34. The first kappa shape index (κ1) is 33.4. The number of hydrogen-bond acceptors (Lipinski definition) is 7. The number of benzene rings is 2. The fraction of sp³-hybridized carbons (Fsp3) is 0.412. The molecule has 0 unspecified atom stereocenters. The van der Waals surface area contributed by atoms with Crippen molar-refractivity contribution in [3.8, 4) is 0 Å². The summed E-state index contributed by atoms with van der Waals surface area (Å²) in [6.45, 7) is 12.8. The SMILES string of the molecule is Cc1ccc(N(C(=O)N(CCCN2CCN(C)CC2)Cc2ccc(C(=O)O)nc2)c2ccccc2NC(=O)OC(C)(C)C)cc1. The van der Waals surface area contributed by atoms with Gasteiger partial charge in [-0.25, -0.2) is 19.4 Å². The van der Waals surface area contributed by atoms with Crippen LogP contribution in [0.25, 0.3) is 0 Å². The Kier molecular flexibility index (Phi) is 11.1. The number of rotatable bonds is 10. The Balaban J connectivity index is 1.67. The third-order valence-corrected chi connectivity index (χ3v) is 7.45. The average Bonchev–Trinajstić information content (AvgIpc) is 2.99. The summed E-state index contributed by atoms with van der Waals surface area (Å²) in [4.78, 5) is 51.0. The van der Waals surface area contributed by atoms with Gasteiger partial charge in [0.2, 0.25) is 0 Å². The van der Waals surface area contributed by atoms with Gasteiger partial charge in [0, 0.05) is 45.5 Å². The Bertz CT molecular complexity index is 1450. The molecule has 1 aromatic heterocycles. The minimum atomic E-state index is -1.11. The summed E-state index contributed by atoms with van der Waals surface area (Å²) in [7, 11) is 2.12. The van der Waals surface area contributed by atoms with E-state index in [0.717, 1.165) is 44.7 Å². The molecule has 2 aromatic carbocycles. The third kappa shape index (κ3) is 9.75. The van der Waals surface area contributed by atoms with Crippen LogP contribution in [0, 0.1) is 6.92 Å². The van der Waals surface area contributed by atoms with Crippen molar-refractivity contribution in [1.82, 2.24) is 19.7 Å². The molecule has 3 amide bonds. The van der Waals surface area contributed by atoms with Crippen molar-refractivity contribution in [2.75, 3.05) is 56.5 Å². The topological polar surface area (TPSA) is 119 Å². The zero-order valence-corrected chi connectivity index (χ0v) is 26.8. The van der Waals surface area contributed by atoms with Crippen LogP contribution < -0.4 is 10.2 Å². The lowest BCUT2D eigenvalue weighted by molar-refractivity contribution is 0.0633. The lowest BCUT2D eigenvalue weighted by Gasteiger charge is -2.34. The van der Waals surface area contributed by atoms with Crippen LogP contribution in [0.5, 0.6) is 0 Å². The molecule has 0 saturated carbocycles. The fourth-order valence-corrected chi connectivity index (χ4v) is 5.04. The molecule has 240 valence electrons. The Morgan fingerprint density at radius 2 is 1.67 bits per heavy atom. The van der Waals surface area contributed by atoms with Crippen LogP contribution in [-0.4, -0.2) is 94.8 Å². The van der Waals surface area contributed by atoms with Gasteiger partial charge in [-0.05, 0) is 83.6 Å². The van der Waals surface area contributed by atoms with Crippen molar-refractivity contribution in [2.45, 2.75) is 46.3 Å². The zero-order valence-electron chi connectivity index (χ0n) is 26.8. The molecule has 4 rings (SSSR count). The molecule has 11 heteroatoms. The van der Waals surface area contributed by atoms with Crippen LogP contribution in [0.1, 0.15) is 48.8 Å². The summed E-state index contributed by atoms with van der Waals surface area (Å²) in [5.41, 5.74) is 2.53. The highest BCUT2D eigenvalue weighted by atomic mass is 16.6. The maximum Gasteiger partial charge on any atom is 0.412 e. The van der Waals surface area contributed by atoms with Gasteiger partial charge >= 0.3 is 18.1 Å². The van der Waals surface area contributed by atoms with Crippen LogP contribution in [0.4, 0.5) is 26.7 Å². The van der Waals surface area contributed by atoms with Gasteiger partial charge in [-0.3, -0.25) is 10.2 Å². The molecule has 1 aliphatic rings. The predicted molar refractivity (Wildman–Crippen MR) is 175 cm³/mol. The number of anilines is 3. The van der Waals surface area contributed by atoms with Crippen molar-refractivity contribution in [1.29, 1.82) is 0 Å². The van der Waals surface area contributed by atoms with E-state index >= 15 is 0 Å². The summed E-state index contributed by atoms with van der Waals surface area (Å²) in [6, 6.07) is 17.6. The molecule has 1 aliphatic heterocycles. The summed E-state index contributed by atoms with van der Waals surface area (Å²) < 4.78 is 5.51. The van der Waals surface area contributed by atoms with E-state index < -0.39 is 17.7 Å². The van der Waals surface area contributed by atoms with Gasteiger partial charge in [0.15, 0.2) is 0 Å². The summed E-state index contributed by atoms with van der Waals surface area (Å²) >= 11 is 0. The number of aryl methyl sites for hydroxylation is 1. The van der Waals surface area contributed by atoms with Crippen LogP contribution in [0.2, 0.25) is 0 Å². The number of carbonyl (C=O) groups is 3. The van der Waals surface area contributed by atoms with E-state index in [-0.39, 0.29) is 18.3 Å². The normalized spacial score (nSPS) is 14.1. The van der Waals surface area contributed by atoms with E-state index in [0.29, 0.717) is 29.2 Å². The number of carboxylic acid groups (broad SMARTS) is 1. The standard InChI is InChI=1S/C34H44N6O5/c1-25-11-14-27(15-12-25)40(30-10-7-6-9-28(30)36-32(43)45-34(2,3)4)33(44)39(18-8-17-38-21-19-37(5)20-22-38)24-26-13-16-29(31(41)42)35-23-26/h6-7,9-16,23H,8,17-22,24H2,1-5H3,(H,36,43)(H,41,42). The number of pyridine rings is 1. The number of nitrogens with one attached hydrogen (secondary N) is 1. The first-order valence-corrected chi connectivity index (χ1v) is 15.2. The highest BCUT2D eigenvalue weighted by molar-refractivity contribution is 6.04. The fourth-order valence-electron chi connectivity index (χ4n) is 5.04. The number of likely N-dealkylation sites (N-methyl/N-ethyl adjacent to an activating group) is 1. The highest BCUT2D eigenvalue weighted by Gasteiger charge is 2.28. The van der Waals surface area contributed by atoms with Crippen molar-refractivity contribution in [3.05, 3.63) is 83.7 Å². The number of urea groups is 1. The van der Waals surface area contributed by atoms with Crippen LogP contribution >= 0.6 is 0 Å².